The molecule has 2 saturated heterocycles. The van der Waals surface area contributed by atoms with Crippen molar-refractivity contribution in [1.29, 1.82) is 0 Å². The van der Waals surface area contributed by atoms with E-state index >= 15 is 0 Å². The summed E-state index contributed by atoms with van der Waals surface area (Å²) in [6, 6.07) is 0.144. The Kier molecular flexibility index (Phi) is 4.45. The summed E-state index contributed by atoms with van der Waals surface area (Å²) in [6.07, 6.45) is 6.09. The van der Waals surface area contributed by atoms with Crippen LogP contribution < -0.4 is 10.6 Å². The van der Waals surface area contributed by atoms with Gasteiger partial charge in [-0.1, -0.05) is 0 Å². The predicted molar refractivity (Wildman–Crippen MR) is 64.4 cm³/mol. The average Bonchev–Trinajstić information content (AvgIpc) is 2.38. The van der Waals surface area contributed by atoms with Crippen LogP contribution in [0.15, 0.2) is 0 Å². The van der Waals surface area contributed by atoms with Gasteiger partial charge in [0.15, 0.2) is 0 Å². The van der Waals surface area contributed by atoms with Crippen molar-refractivity contribution < 1.29 is 4.79 Å². The van der Waals surface area contributed by atoms with E-state index in [1.54, 1.807) is 0 Å². The number of nitrogens with one attached hydrogen (secondary N) is 2. The molecule has 0 saturated carbocycles. The molecule has 2 heterocycles. The average molecular weight is 225 g/mol. The second-order valence-electron chi connectivity index (χ2n) is 4.95. The van der Waals surface area contributed by atoms with Gasteiger partial charge in [-0.05, 0) is 51.1 Å². The minimum absolute atomic E-state index is 0.144. The summed E-state index contributed by atoms with van der Waals surface area (Å²) < 4.78 is 0. The van der Waals surface area contributed by atoms with Gasteiger partial charge in [0.1, 0.15) is 0 Å². The van der Waals surface area contributed by atoms with E-state index < -0.39 is 0 Å². The molecule has 16 heavy (non-hydrogen) atoms. The van der Waals surface area contributed by atoms with Crippen LogP contribution in [0.4, 0.5) is 4.79 Å². The number of nitrogens with zero attached hydrogens (tertiary/aromatic N) is 1. The number of hydrogen-bond acceptors (Lipinski definition) is 2. The van der Waals surface area contributed by atoms with Crippen molar-refractivity contribution >= 4 is 6.03 Å². The molecule has 0 aliphatic carbocycles. The fourth-order valence-electron chi connectivity index (χ4n) is 2.54. The van der Waals surface area contributed by atoms with Crippen LogP contribution in [0, 0.1) is 5.92 Å². The van der Waals surface area contributed by atoms with Crippen molar-refractivity contribution in [3.8, 4) is 0 Å². The van der Waals surface area contributed by atoms with E-state index in [-0.39, 0.29) is 6.03 Å². The van der Waals surface area contributed by atoms with Crippen LogP contribution in [-0.4, -0.2) is 43.7 Å². The molecule has 0 aromatic heterocycles. The Balaban J connectivity index is 1.65. The molecule has 1 unspecified atom stereocenters. The topological polar surface area (TPSA) is 44.4 Å². The molecule has 92 valence electrons. The van der Waals surface area contributed by atoms with Gasteiger partial charge in [0.05, 0.1) is 0 Å². The van der Waals surface area contributed by atoms with Crippen LogP contribution in [0.5, 0.6) is 0 Å². The Labute approximate surface area is 97.8 Å². The van der Waals surface area contributed by atoms with Crippen molar-refractivity contribution in [2.75, 3.05) is 32.7 Å². The van der Waals surface area contributed by atoms with Crippen LogP contribution >= 0.6 is 0 Å². The van der Waals surface area contributed by atoms with Crippen molar-refractivity contribution in [2.45, 2.75) is 32.1 Å². The molecular formula is C12H23N3O. The van der Waals surface area contributed by atoms with E-state index in [1.807, 2.05) is 4.90 Å². The number of urea groups is 1. The second-order valence-corrected chi connectivity index (χ2v) is 4.95. The maximum atomic E-state index is 11.8. The van der Waals surface area contributed by atoms with Crippen molar-refractivity contribution in [3.05, 3.63) is 0 Å². The van der Waals surface area contributed by atoms with E-state index in [9.17, 15) is 4.79 Å². The SMILES string of the molecule is O=C(NCC1CCCNC1)N1CCCCC1. The van der Waals surface area contributed by atoms with Gasteiger partial charge < -0.3 is 15.5 Å². The van der Waals surface area contributed by atoms with Gasteiger partial charge in [0.2, 0.25) is 0 Å². The van der Waals surface area contributed by atoms with Crippen LogP contribution in [0.3, 0.4) is 0 Å². The summed E-state index contributed by atoms with van der Waals surface area (Å²) in [4.78, 5) is 13.8. The highest BCUT2D eigenvalue weighted by atomic mass is 16.2. The monoisotopic (exact) mass is 225 g/mol. The standard InChI is InChI=1S/C12H23N3O/c16-12(15-7-2-1-3-8-15)14-10-11-5-4-6-13-9-11/h11,13H,1-10H2,(H,14,16). The quantitative estimate of drug-likeness (QED) is 0.741. The third kappa shape index (κ3) is 3.37. The maximum Gasteiger partial charge on any atom is 0.317 e. The molecule has 2 aliphatic rings. The molecule has 0 radical (unpaired) electrons. The Morgan fingerprint density at radius 2 is 2.06 bits per heavy atom. The Morgan fingerprint density at radius 1 is 1.25 bits per heavy atom. The number of carbonyl (C=O) groups is 1. The van der Waals surface area contributed by atoms with Crippen molar-refractivity contribution in [2.24, 2.45) is 5.92 Å². The molecule has 1 atom stereocenters. The highest BCUT2D eigenvalue weighted by molar-refractivity contribution is 5.74. The molecule has 2 N–H and O–H groups in total. The first kappa shape index (κ1) is 11.7. The number of carbonyl (C=O) groups excluding carboxylic acids is 1. The summed E-state index contributed by atoms with van der Waals surface area (Å²) in [5.74, 6) is 0.627. The maximum absolute atomic E-state index is 11.8. The molecule has 4 nitrogen and oxygen atoms in total. The lowest BCUT2D eigenvalue weighted by Gasteiger charge is -2.28. The molecule has 0 spiro atoms. The van der Waals surface area contributed by atoms with Crippen LogP contribution in [0.1, 0.15) is 32.1 Å². The molecule has 0 aromatic rings. The zero-order chi connectivity index (χ0) is 11.2. The lowest BCUT2D eigenvalue weighted by Crippen LogP contribution is -2.46. The summed E-state index contributed by atoms with van der Waals surface area (Å²) in [5.41, 5.74) is 0. The van der Waals surface area contributed by atoms with E-state index in [0.29, 0.717) is 5.92 Å². The minimum Gasteiger partial charge on any atom is -0.338 e. The summed E-state index contributed by atoms with van der Waals surface area (Å²) in [6.45, 7) is 4.91. The number of rotatable bonds is 2. The molecule has 4 heteroatoms. The van der Waals surface area contributed by atoms with E-state index in [2.05, 4.69) is 10.6 Å². The predicted octanol–water partition coefficient (Wildman–Crippen LogP) is 1.18. The fourth-order valence-corrected chi connectivity index (χ4v) is 2.54. The van der Waals surface area contributed by atoms with Crippen LogP contribution in [0.2, 0.25) is 0 Å². The first-order chi connectivity index (χ1) is 7.86. The van der Waals surface area contributed by atoms with Gasteiger partial charge in [-0.25, -0.2) is 4.79 Å². The van der Waals surface area contributed by atoms with Gasteiger partial charge in [-0.2, -0.15) is 0 Å². The van der Waals surface area contributed by atoms with Crippen LogP contribution in [-0.2, 0) is 0 Å². The van der Waals surface area contributed by atoms with Gasteiger partial charge in [-0.15, -0.1) is 0 Å². The molecule has 2 rings (SSSR count). The van der Waals surface area contributed by atoms with Gasteiger partial charge in [0.25, 0.3) is 0 Å². The number of hydrogen-bond donors (Lipinski definition) is 2. The fraction of sp³-hybridized carbons (Fsp3) is 0.917. The summed E-state index contributed by atoms with van der Waals surface area (Å²) in [5, 5.41) is 6.44. The number of piperidine rings is 2. The Morgan fingerprint density at radius 3 is 2.75 bits per heavy atom. The molecule has 2 fully saturated rings. The zero-order valence-corrected chi connectivity index (χ0v) is 10.0. The van der Waals surface area contributed by atoms with E-state index in [0.717, 1.165) is 32.7 Å². The highest BCUT2D eigenvalue weighted by Crippen LogP contribution is 2.10. The van der Waals surface area contributed by atoms with Crippen LogP contribution in [0.25, 0.3) is 0 Å². The Hall–Kier alpha value is -0.770. The van der Waals surface area contributed by atoms with Gasteiger partial charge in [-0.3, -0.25) is 0 Å². The first-order valence-corrected chi connectivity index (χ1v) is 6.60. The smallest absolute Gasteiger partial charge is 0.317 e. The summed E-state index contributed by atoms with van der Waals surface area (Å²) in [7, 11) is 0. The molecule has 0 aromatic carbocycles. The summed E-state index contributed by atoms with van der Waals surface area (Å²) >= 11 is 0. The lowest BCUT2D eigenvalue weighted by molar-refractivity contribution is 0.183. The first-order valence-electron chi connectivity index (χ1n) is 6.60. The van der Waals surface area contributed by atoms with Crippen molar-refractivity contribution in [3.63, 3.8) is 0 Å². The molecule has 2 aliphatic heterocycles. The minimum atomic E-state index is 0.144. The van der Waals surface area contributed by atoms with Crippen molar-refractivity contribution in [1.82, 2.24) is 15.5 Å². The second kappa shape index (κ2) is 6.09. The van der Waals surface area contributed by atoms with E-state index in [1.165, 1.54) is 32.1 Å². The number of likely N-dealkylation sites (tertiary alicyclic amines) is 1. The molecule has 2 amide bonds. The molecular weight excluding hydrogens is 202 g/mol. The van der Waals surface area contributed by atoms with Gasteiger partial charge >= 0.3 is 6.03 Å². The zero-order valence-electron chi connectivity index (χ0n) is 10.0. The molecule has 0 bridgehead atoms. The lowest BCUT2D eigenvalue weighted by atomic mass is 10.00. The van der Waals surface area contributed by atoms with Gasteiger partial charge in [0, 0.05) is 19.6 Å². The number of amides is 2. The van der Waals surface area contributed by atoms with E-state index in [4.69, 9.17) is 0 Å². The Bertz CT molecular complexity index is 220. The normalized spacial score (nSPS) is 26.5. The largest absolute Gasteiger partial charge is 0.338 e. The third-order valence-corrected chi connectivity index (χ3v) is 3.58. The third-order valence-electron chi connectivity index (χ3n) is 3.58. The highest BCUT2D eigenvalue weighted by Gasteiger charge is 2.18.